The van der Waals surface area contributed by atoms with E-state index in [1.807, 2.05) is 0 Å². The number of fused-ring (bicyclic) bond motifs is 2. The minimum atomic E-state index is -0.684. The molecule has 1 N–H and O–H groups in total. The van der Waals surface area contributed by atoms with Gasteiger partial charge < -0.3 is 9.73 Å². The van der Waals surface area contributed by atoms with Gasteiger partial charge in [-0.3, -0.25) is 24.1 Å². The highest BCUT2D eigenvalue weighted by molar-refractivity contribution is 6.24. The minimum Gasteiger partial charge on any atom is -0.451 e. The molecule has 7 nitrogen and oxygen atoms in total. The second kappa shape index (κ2) is 5.66. The topological polar surface area (TPSA) is 96.7 Å². The van der Waals surface area contributed by atoms with Crippen LogP contribution >= 0.6 is 0 Å². The summed E-state index contributed by atoms with van der Waals surface area (Å²) in [4.78, 5) is 49.9. The molecule has 0 spiro atoms. The highest BCUT2D eigenvalue weighted by Gasteiger charge is 2.35. The third-order valence-corrected chi connectivity index (χ3v) is 4.22. The van der Waals surface area contributed by atoms with Crippen LogP contribution in [0.4, 0.5) is 5.69 Å². The van der Waals surface area contributed by atoms with E-state index in [2.05, 4.69) is 5.32 Å². The molecule has 7 heteroatoms. The first-order valence-corrected chi connectivity index (χ1v) is 7.77. The lowest BCUT2D eigenvalue weighted by atomic mass is 10.1. The number of hydrogen-bond donors (Lipinski definition) is 1. The Kier molecular flexibility index (Phi) is 3.43. The van der Waals surface area contributed by atoms with Crippen molar-refractivity contribution in [2.45, 2.75) is 0 Å². The van der Waals surface area contributed by atoms with Crippen LogP contribution in [0.1, 0.15) is 31.3 Å². The number of para-hydroxylation sites is 1. The van der Waals surface area contributed by atoms with Crippen LogP contribution in [0, 0.1) is 0 Å². The highest BCUT2D eigenvalue weighted by Crippen LogP contribution is 2.28. The Balaban J connectivity index is 1.74. The maximum absolute atomic E-state index is 12.5. The smallest absolute Gasteiger partial charge is 0.291 e. The zero-order chi connectivity index (χ0) is 18.4. The predicted molar refractivity (Wildman–Crippen MR) is 93.3 cm³/mol. The summed E-state index contributed by atoms with van der Waals surface area (Å²) in [6.07, 6.45) is 0. The van der Waals surface area contributed by atoms with Crippen molar-refractivity contribution < 1.29 is 18.8 Å². The number of amides is 3. The van der Waals surface area contributed by atoms with E-state index in [9.17, 15) is 19.2 Å². The van der Waals surface area contributed by atoms with Crippen molar-refractivity contribution in [1.29, 1.82) is 0 Å². The fraction of sp³-hybridized carbons (Fsp3) is 0.0526. The molecular formula is C19H12N2O5. The molecule has 0 bridgehead atoms. The molecule has 4 rings (SSSR count). The molecule has 0 unspecified atom stereocenters. The van der Waals surface area contributed by atoms with E-state index in [0.717, 1.165) is 11.0 Å². The summed E-state index contributed by atoms with van der Waals surface area (Å²) >= 11 is 0. The van der Waals surface area contributed by atoms with Crippen molar-refractivity contribution in [2.75, 3.05) is 12.4 Å². The Morgan fingerprint density at radius 1 is 1.00 bits per heavy atom. The van der Waals surface area contributed by atoms with Gasteiger partial charge in [-0.2, -0.15) is 0 Å². The van der Waals surface area contributed by atoms with E-state index in [4.69, 9.17) is 4.42 Å². The van der Waals surface area contributed by atoms with E-state index in [1.54, 1.807) is 30.3 Å². The number of carbonyl (C=O) groups excluding carboxylic acids is 3. The molecule has 1 aliphatic heterocycles. The first-order chi connectivity index (χ1) is 12.5. The van der Waals surface area contributed by atoms with Gasteiger partial charge in [0.2, 0.25) is 0 Å². The van der Waals surface area contributed by atoms with Crippen molar-refractivity contribution in [3.8, 4) is 0 Å². The van der Waals surface area contributed by atoms with Crippen molar-refractivity contribution in [2.24, 2.45) is 0 Å². The lowest BCUT2D eigenvalue weighted by molar-refractivity contribution is 0.0693. The minimum absolute atomic E-state index is 0.122. The van der Waals surface area contributed by atoms with Gasteiger partial charge in [0.25, 0.3) is 17.7 Å². The van der Waals surface area contributed by atoms with Crippen LogP contribution in [-0.4, -0.2) is 29.7 Å². The molecule has 2 aromatic carbocycles. The first kappa shape index (κ1) is 15.8. The van der Waals surface area contributed by atoms with E-state index < -0.39 is 17.7 Å². The molecule has 3 aromatic rings. The lowest BCUT2D eigenvalue weighted by Gasteiger charge is -2.09. The maximum atomic E-state index is 12.5. The third kappa shape index (κ3) is 2.29. The van der Waals surface area contributed by atoms with E-state index in [1.165, 1.54) is 19.2 Å². The average Bonchev–Trinajstić information content (AvgIpc) is 2.87. The number of rotatable bonds is 2. The number of nitrogens with one attached hydrogen (secondary N) is 1. The van der Waals surface area contributed by atoms with Gasteiger partial charge in [0, 0.05) is 13.1 Å². The summed E-state index contributed by atoms with van der Waals surface area (Å²) in [5.74, 6) is -1.80. The Morgan fingerprint density at radius 3 is 2.58 bits per heavy atom. The zero-order valence-electron chi connectivity index (χ0n) is 13.6. The molecule has 2 heterocycles. The summed E-state index contributed by atoms with van der Waals surface area (Å²) in [6.45, 7) is 0. The number of carbonyl (C=O) groups is 3. The fourth-order valence-electron chi connectivity index (χ4n) is 2.91. The molecule has 1 aromatic heterocycles. The maximum Gasteiger partial charge on any atom is 0.291 e. The van der Waals surface area contributed by atoms with Crippen LogP contribution in [0.2, 0.25) is 0 Å². The van der Waals surface area contributed by atoms with Crippen LogP contribution in [0.5, 0.6) is 0 Å². The standard InChI is InChI=1S/C19H12N2O5/c1-21-18(24)11-6-4-7-12(16(11)19(21)25)20-17(23)15-9-13(22)10-5-2-3-8-14(10)26-15/h2-9H,1H3,(H,20,23). The molecule has 128 valence electrons. The molecule has 0 fully saturated rings. The van der Waals surface area contributed by atoms with E-state index in [-0.39, 0.29) is 33.6 Å². The van der Waals surface area contributed by atoms with Gasteiger partial charge in [-0.1, -0.05) is 18.2 Å². The normalized spacial score (nSPS) is 13.2. The SMILES string of the molecule is CN1C(=O)c2cccc(NC(=O)c3cc(=O)c4ccccc4o3)c2C1=O. The van der Waals surface area contributed by atoms with E-state index >= 15 is 0 Å². The van der Waals surface area contributed by atoms with Gasteiger partial charge in [-0.15, -0.1) is 0 Å². The Bertz CT molecular complexity index is 1160. The summed E-state index contributed by atoms with van der Waals surface area (Å²) in [7, 11) is 1.37. The lowest BCUT2D eigenvalue weighted by Crippen LogP contribution is -2.24. The number of anilines is 1. The summed E-state index contributed by atoms with van der Waals surface area (Å²) in [5.41, 5.74) is 0.466. The highest BCUT2D eigenvalue weighted by atomic mass is 16.3. The summed E-state index contributed by atoms with van der Waals surface area (Å²) < 4.78 is 5.49. The van der Waals surface area contributed by atoms with Crippen molar-refractivity contribution in [3.63, 3.8) is 0 Å². The summed E-state index contributed by atoms with van der Waals surface area (Å²) in [6, 6.07) is 12.3. The van der Waals surface area contributed by atoms with Gasteiger partial charge in [0.15, 0.2) is 11.2 Å². The Morgan fingerprint density at radius 2 is 1.77 bits per heavy atom. The average molecular weight is 348 g/mol. The number of imide groups is 1. The monoisotopic (exact) mass is 348 g/mol. The van der Waals surface area contributed by atoms with Crippen LogP contribution in [-0.2, 0) is 0 Å². The molecule has 3 amide bonds. The van der Waals surface area contributed by atoms with Gasteiger partial charge in [-0.25, -0.2) is 0 Å². The van der Waals surface area contributed by atoms with Crippen molar-refractivity contribution in [3.05, 3.63) is 75.6 Å². The number of benzene rings is 2. The first-order valence-electron chi connectivity index (χ1n) is 7.77. The van der Waals surface area contributed by atoms with Crippen LogP contribution in [0.25, 0.3) is 11.0 Å². The van der Waals surface area contributed by atoms with Gasteiger partial charge >= 0.3 is 0 Å². The Hall–Kier alpha value is -3.74. The Labute approximate surface area is 146 Å². The molecule has 0 aliphatic carbocycles. The number of hydrogen-bond acceptors (Lipinski definition) is 5. The summed E-state index contributed by atoms with van der Waals surface area (Å²) in [5, 5.41) is 2.92. The molecule has 0 radical (unpaired) electrons. The second-order valence-electron chi connectivity index (χ2n) is 5.82. The molecule has 0 saturated carbocycles. The van der Waals surface area contributed by atoms with Crippen LogP contribution < -0.4 is 10.7 Å². The van der Waals surface area contributed by atoms with Gasteiger partial charge in [0.05, 0.1) is 22.2 Å². The van der Waals surface area contributed by atoms with Crippen molar-refractivity contribution in [1.82, 2.24) is 4.90 Å². The third-order valence-electron chi connectivity index (χ3n) is 4.22. The predicted octanol–water partition coefficient (Wildman–Crippen LogP) is 2.27. The molecule has 0 saturated heterocycles. The number of nitrogens with zero attached hydrogens (tertiary/aromatic N) is 1. The quantitative estimate of drug-likeness (QED) is 0.717. The van der Waals surface area contributed by atoms with Crippen LogP contribution in [0.3, 0.4) is 0 Å². The van der Waals surface area contributed by atoms with Gasteiger partial charge in [0.1, 0.15) is 5.58 Å². The zero-order valence-corrected chi connectivity index (χ0v) is 13.6. The van der Waals surface area contributed by atoms with Crippen molar-refractivity contribution >= 4 is 34.4 Å². The van der Waals surface area contributed by atoms with Gasteiger partial charge in [-0.05, 0) is 24.3 Å². The molecular weight excluding hydrogens is 336 g/mol. The second-order valence-corrected chi connectivity index (χ2v) is 5.82. The molecule has 0 atom stereocenters. The largest absolute Gasteiger partial charge is 0.451 e. The molecule has 26 heavy (non-hydrogen) atoms. The van der Waals surface area contributed by atoms with Crippen LogP contribution in [0.15, 0.2) is 57.7 Å². The van der Waals surface area contributed by atoms with E-state index in [0.29, 0.717) is 5.39 Å². The fourth-order valence-corrected chi connectivity index (χ4v) is 2.91. The molecule has 1 aliphatic rings.